The molecule has 0 radical (unpaired) electrons. The molecule has 0 spiro atoms. The van der Waals surface area contributed by atoms with Crippen molar-refractivity contribution in [3.05, 3.63) is 39.7 Å². The van der Waals surface area contributed by atoms with Gasteiger partial charge >= 0.3 is 0 Å². The lowest BCUT2D eigenvalue weighted by atomic mass is 10.2. The van der Waals surface area contributed by atoms with E-state index in [2.05, 4.69) is 24.9 Å². The first-order chi connectivity index (χ1) is 11.0. The molecule has 2 aromatic heterocycles. The van der Waals surface area contributed by atoms with Gasteiger partial charge in [0.05, 0.1) is 11.5 Å². The number of rotatable bonds is 4. The Hall–Kier alpha value is -2.55. The molecule has 1 saturated heterocycles. The van der Waals surface area contributed by atoms with Crippen LogP contribution in [0.25, 0.3) is 0 Å². The Labute approximate surface area is 133 Å². The van der Waals surface area contributed by atoms with Crippen molar-refractivity contribution in [1.29, 1.82) is 0 Å². The van der Waals surface area contributed by atoms with Crippen molar-refractivity contribution in [3.63, 3.8) is 0 Å². The molecule has 1 fully saturated rings. The van der Waals surface area contributed by atoms with Crippen molar-refractivity contribution in [3.8, 4) is 0 Å². The Morgan fingerprint density at radius 2 is 2.04 bits per heavy atom. The summed E-state index contributed by atoms with van der Waals surface area (Å²) >= 11 is 0. The second-order valence-electron chi connectivity index (χ2n) is 5.58. The van der Waals surface area contributed by atoms with Crippen LogP contribution in [0.2, 0.25) is 0 Å². The molecule has 9 heteroatoms. The van der Waals surface area contributed by atoms with Gasteiger partial charge in [0, 0.05) is 39.2 Å². The fourth-order valence-electron chi connectivity index (χ4n) is 2.71. The van der Waals surface area contributed by atoms with Crippen molar-refractivity contribution in [2.24, 2.45) is 0 Å². The number of hydrogen-bond acceptors (Lipinski definition) is 8. The lowest BCUT2D eigenvalue weighted by Crippen LogP contribution is -2.46. The predicted molar refractivity (Wildman–Crippen MR) is 82.2 cm³/mol. The van der Waals surface area contributed by atoms with E-state index in [1.165, 1.54) is 6.20 Å². The van der Waals surface area contributed by atoms with E-state index in [-0.39, 0.29) is 5.69 Å². The molecular weight excluding hydrogens is 300 g/mol. The van der Waals surface area contributed by atoms with Crippen molar-refractivity contribution >= 4 is 11.5 Å². The summed E-state index contributed by atoms with van der Waals surface area (Å²) in [6.07, 6.45) is 1.32. The summed E-state index contributed by atoms with van der Waals surface area (Å²) < 4.78 is 4.98. The average Bonchev–Trinajstić information content (AvgIpc) is 2.93. The average molecular weight is 318 g/mol. The van der Waals surface area contributed by atoms with Crippen LogP contribution in [0.15, 0.2) is 16.8 Å². The van der Waals surface area contributed by atoms with Gasteiger partial charge in [0.2, 0.25) is 5.89 Å². The van der Waals surface area contributed by atoms with Crippen LogP contribution < -0.4 is 4.90 Å². The van der Waals surface area contributed by atoms with Crippen LogP contribution in [-0.4, -0.2) is 51.1 Å². The Balaban J connectivity index is 1.61. The largest absolute Gasteiger partial charge is 0.354 e. The summed E-state index contributed by atoms with van der Waals surface area (Å²) in [6.45, 7) is 7.61. The summed E-state index contributed by atoms with van der Waals surface area (Å²) in [5.41, 5.74) is 0.846. The minimum absolute atomic E-state index is 0.0253. The second-order valence-corrected chi connectivity index (χ2v) is 5.58. The van der Waals surface area contributed by atoms with Crippen LogP contribution >= 0.6 is 0 Å². The summed E-state index contributed by atoms with van der Waals surface area (Å²) in [4.78, 5) is 23.2. The molecule has 0 atom stereocenters. The predicted octanol–water partition coefficient (Wildman–Crippen LogP) is 1.31. The van der Waals surface area contributed by atoms with E-state index in [0.717, 1.165) is 37.6 Å². The van der Waals surface area contributed by atoms with Gasteiger partial charge < -0.3 is 9.42 Å². The van der Waals surface area contributed by atoms with Crippen LogP contribution in [0.4, 0.5) is 11.5 Å². The zero-order chi connectivity index (χ0) is 16.4. The first-order valence-electron chi connectivity index (χ1n) is 7.40. The molecule has 0 bridgehead atoms. The van der Waals surface area contributed by atoms with Gasteiger partial charge in [-0.1, -0.05) is 5.16 Å². The van der Waals surface area contributed by atoms with E-state index in [9.17, 15) is 10.1 Å². The third kappa shape index (κ3) is 3.45. The van der Waals surface area contributed by atoms with Gasteiger partial charge in [-0.3, -0.25) is 15.0 Å². The van der Waals surface area contributed by atoms with E-state index in [1.807, 2.05) is 6.92 Å². The molecule has 0 aliphatic carbocycles. The molecule has 0 amide bonds. The maximum atomic E-state index is 10.8. The molecule has 1 aliphatic heterocycles. The van der Waals surface area contributed by atoms with Crippen LogP contribution in [-0.2, 0) is 6.54 Å². The van der Waals surface area contributed by atoms with Gasteiger partial charge in [0.25, 0.3) is 5.69 Å². The van der Waals surface area contributed by atoms with Gasteiger partial charge in [0.15, 0.2) is 5.82 Å². The number of hydrogen-bond donors (Lipinski definition) is 0. The van der Waals surface area contributed by atoms with Crippen molar-refractivity contribution in [1.82, 2.24) is 20.0 Å². The first-order valence-corrected chi connectivity index (χ1v) is 7.40. The quantitative estimate of drug-likeness (QED) is 0.614. The Kier molecular flexibility index (Phi) is 4.20. The normalized spacial score (nSPS) is 15.8. The molecule has 23 heavy (non-hydrogen) atoms. The number of pyridine rings is 1. The molecule has 9 nitrogen and oxygen atoms in total. The third-order valence-corrected chi connectivity index (χ3v) is 3.85. The first kappa shape index (κ1) is 15.3. The maximum absolute atomic E-state index is 10.8. The number of nitrogens with zero attached hydrogens (tertiary/aromatic N) is 6. The number of piperazine rings is 1. The standard InChI is InChI=1S/C14H18N6O3/c1-10-7-12(20(21)22)8-15-14(10)19-5-3-18(4-6-19)9-13-16-11(2)23-17-13/h7-8H,3-6,9H2,1-2H3. The molecule has 2 aromatic rings. The second kappa shape index (κ2) is 6.29. The Morgan fingerprint density at radius 3 is 2.61 bits per heavy atom. The number of nitro groups is 1. The highest BCUT2D eigenvalue weighted by atomic mass is 16.6. The van der Waals surface area contributed by atoms with Gasteiger partial charge in [-0.2, -0.15) is 4.98 Å². The minimum atomic E-state index is -0.422. The van der Waals surface area contributed by atoms with E-state index in [4.69, 9.17) is 4.52 Å². The third-order valence-electron chi connectivity index (χ3n) is 3.85. The Bertz CT molecular complexity index is 708. The molecular formula is C14H18N6O3. The monoisotopic (exact) mass is 318 g/mol. The minimum Gasteiger partial charge on any atom is -0.354 e. The van der Waals surface area contributed by atoms with Gasteiger partial charge in [-0.05, 0) is 12.5 Å². The lowest BCUT2D eigenvalue weighted by Gasteiger charge is -2.35. The fourth-order valence-corrected chi connectivity index (χ4v) is 2.71. The van der Waals surface area contributed by atoms with Crippen LogP contribution in [0.1, 0.15) is 17.3 Å². The molecule has 0 N–H and O–H groups in total. The highest BCUT2D eigenvalue weighted by molar-refractivity contribution is 5.50. The maximum Gasteiger partial charge on any atom is 0.287 e. The Morgan fingerprint density at radius 1 is 1.30 bits per heavy atom. The molecule has 1 aliphatic rings. The number of aromatic nitrogens is 3. The summed E-state index contributed by atoms with van der Waals surface area (Å²) in [6, 6.07) is 1.57. The molecule has 0 unspecified atom stereocenters. The molecule has 3 heterocycles. The highest BCUT2D eigenvalue weighted by Crippen LogP contribution is 2.22. The van der Waals surface area contributed by atoms with E-state index in [1.54, 1.807) is 13.0 Å². The molecule has 122 valence electrons. The highest BCUT2D eigenvalue weighted by Gasteiger charge is 2.21. The molecule has 0 aromatic carbocycles. The van der Waals surface area contributed by atoms with Gasteiger partial charge in [-0.25, -0.2) is 4.98 Å². The van der Waals surface area contributed by atoms with Crippen LogP contribution in [0.3, 0.4) is 0 Å². The van der Waals surface area contributed by atoms with E-state index in [0.29, 0.717) is 18.3 Å². The molecule has 3 rings (SSSR count). The number of aryl methyl sites for hydroxylation is 2. The van der Waals surface area contributed by atoms with E-state index < -0.39 is 4.92 Å². The number of anilines is 1. The van der Waals surface area contributed by atoms with Crippen LogP contribution in [0.5, 0.6) is 0 Å². The lowest BCUT2D eigenvalue weighted by molar-refractivity contribution is -0.385. The zero-order valence-electron chi connectivity index (χ0n) is 13.1. The zero-order valence-corrected chi connectivity index (χ0v) is 13.1. The smallest absolute Gasteiger partial charge is 0.287 e. The van der Waals surface area contributed by atoms with Crippen molar-refractivity contribution in [2.75, 3.05) is 31.1 Å². The fraction of sp³-hybridized carbons (Fsp3) is 0.500. The van der Waals surface area contributed by atoms with Crippen molar-refractivity contribution < 1.29 is 9.45 Å². The van der Waals surface area contributed by atoms with Gasteiger partial charge in [-0.15, -0.1) is 0 Å². The summed E-state index contributed by atoms with van der Waals surface area (Å²) in [7, 11) is 0. The SMILES string of the molecule is Cc1nc(CN2CCN(c3ncc([N+](=O)[O-])cc3C)CC2)no1. The van der Waals surface area contributed by atoms with Gasteiger partial charge in [0.1, 0.15) is 12.0 Å². The topological polar surface area (TPSA) is 101 Å². The van der Waals surface area contributed by atoms with E-state index >= 15 is 0 Å². The summed E-state index contributed by atoms with van der Waals surface area (Å²) in [5, 5.41) is 14.7. The van der Waals surface area contributed by atoms with Crippen molar-refractivity contribution in [2.45, 2.75) is 20.4 Å². The van der Waals surface area contributed by atoms with Crippen LogP contribution in [0, 0.1) is 24.0 Å². The molecule has 0 saturated carbocycles. The summed E-state index contributed by atoms with van der Waals surface area (Å²) in [5.74, 6) is 2.08.